The van der Waals surface area contributed by atoms with Gasteiger partial charge in [0, 0.05) is 17.0 Å². The van der Waals surface area contributed by atoms with Crippen molar-refractivity contribution in [3.05, 3.63) is 69.7 Å². The molecule has 0 aromatic heterocycles. The standard InChI is InChI=1S/C16H12BrF2NO3/c17-10-3-1-9(2-4-10)7-14(16(22)23)20-15(21)12-6-5-11(18)8-13(12)19/h1-6,8,14H,7H2,(H,20,21)(H,22,23)/t14-/m0/s1. The molecule has 1 amide bonds. The molecule has 0 aliphatic rings. The Morgan fingerprint density at radius 3 is 2.35 bits per heavy atom. The van der Waals surface area contributed by atoms with Crippen LogP contribution in [0, 0.1) is 11.6 Å². The van der Waals surface area contributed by atoms with Crippen molar-refractivity contribution < 1.29 is 23.5 Å². The van der Waals surface area contributed by atoms with Gasteiger partial charge in [-0.1, -0.05) is 28.1 Å². The van der Waals surface area contributed by atoms with Crippen LogP contribution in [0.4, 0.5) is 8.78 Å². The summed E-state index contributed by atoms with van der Waals surface area (Å²) in [4.78, 5) is 23.3. The number of aliphatic carboxylic acids is 1. The molecule has 0 spiro atoms. The van der Waals surface area contributed by atoms with E-state index in [0.717, 1.165) is 16.6 Å². The Hall–Kier alpha value is -2.28. The molecule has 0 saturated heterocycles. The van der Waals surface area contributed by atoms with Crippen molar-refractivity contribution in [2.45, 2.75) is 12.5 Å². The third-order valence-corrected chi connectivity index (χ3v) is 3.66. The van der Waals surface area contributed by atoms with E-state index in [1.165, 1.54) is 0 Å². The second-order valence-electron chi connectivity index (χ2n) is 4.82. The van der Waals surface area contributed by atoms with Crippen LogP contribution >= 0.6 is 15.9 Å². The Morgan fingerprint density at radius 2 is 1.78 bits per heavy atom. The first-order valence-electron chi connectivity index (χ1n) is 6.60. The fraction of sp³-hybridized carbons (Fsp3) is 0.125. The van der Waals surface area contributed by atoms with Crippen LogP contribution in [0.2, 0.25) is 0 Å². The zero-order valence-corrected chi connectivity index (χ0v) is 13.3. The minimum Gasteiger partial charge on any atom is -0.480 e. The van der Waals surface area contributed by atoms with Gasteiger partial charge in [-0.25, -0.2) is 13.6 Å². The van der Waals surface area contributed by atoms with E-state index in [9.17, 15) is 23.5 Å². The monoisotopic (exact) mass is 383 g/mol. The molecular weight excluding hydrogens is 372 g/mol. The Morgan fingerprint density at radius 1 is 1.13 bits per heavy atom. The van der Waals surface area contributed by atoms with Crippen molar-refractivity contribution in [3.8, 4) is 0 Å². The molecular formula is C16H12BrF2NO3. The highest BCUT2D eigenvalue weighted by Gasteiger charge is 2.22. The van der Waals surface area contributed by atoms with Crippen LogP contribution in [0.15, 0.2) is 46.9 Å². The second kappa shape index (κ2) is 7.32. The topological polar surface area (TPSA) is 66.4 Å². The van der Waals surface area contributed by atoms with Gasteiger partial charge in [-0.3, -0.25) is 4.79 Å². The number of rotatable bonds is 5. The number of carbonyl (C=O) groups excluding carboxylic acids is 1. The Kier molecular flexibility index (Phi) is 5.44. The van der Waals surface area contributed by atoms with Crippen LogP contribution in [0.1, 0.15) is 15.9 Å². The summed E-state index contributed by atoms with van der Waals surface area (Å²) in [5.74, 6) is -4.02. The van der Waals surface area contributed by atoms with Crippen molar-refractivity contribution in [1.82, 2.24) is 5.32 Å². The van der Waals surface area contributed by atoms with Gasteiger partial charge < -0.3 is 10.4 Å². The van der Waals surface area contributed by atoms with Crippen molar-refractivity contribution in [2.75, 3.05) is 0 Å². The van der Waals surface area contributed by atoms with Gasteiger partial charge in [-0.15, -0.1) is 0 Å². The van der Waals surface area contributed by atoms with Crippen LogP contribution in [-0.2, 0) is 11.2 Å². The van der Waals surface area contributed by atoms with Crippen LogP contribution in [0.5, 0.6) is 0 Å². The van der Waals surface area contributed by atoms with E-state index in [-0.39, 0.29) is 6.42 Å². The summed E-state index contributed by atoms with van der Waals surface area (Å²) in [6.45, 7) is 0. The Labute approximate surface area is 139 Å². The van der Waals surface area contributed by atoms with Gasteiger partial charge in [0.25, 0.3) is 5.91 Å². The summed E-state index contributed by atoms with van der Waals surface area (Å²) in [7, 11) is 0. The fourth-order valence-corrected chi connectivity index (χ4v) is 2.23. The van der Waals surface area contributed by atoms with Crippen molar-refractivity contribution >= 4 is 27.8 Å². The molecule has 0 bridgehead atoms. The van der Waals surface area contributed by atoms with E-state index in [2.05, 4.69) is 21.2 Å². The highest BCUT2D eigenvalue weighted by Crippen LogP contribution is 2.13. The van der Waals surface area contributed by atoms with Gasteiger partial charge in [0.15, 0.2) is 0 Å². The number of carboxylic acid groups (broad SMARTS) is 1. The summed E-state index contributed by atoms with van der Waals surface area (Å²) in [6, 6.07) is 8.16. The van der Waals surface area contributed by atoms with E-state index in [1.54, 1.807) is 24.3 Å². The van der Waals surface area contributed by atoms with E-state index >= 15 is 0 Å². The SMILES string of the molecule is O=C(N[C@@H](Cc1ccc(Br)cc1)C(=O)O)c1ccc(F)cc1F. The molecule has 120 valence electrons. The molecule has 0 fully saturated rings. The number of hydrogen-bond acceptors (Lipinski definition) is 2. The zero-order valence-electron chi connectivity index (χ0n) is 11.7. The van der Waals surface area contributed by atoms with Gasteiger partial charge in [-0.2, -0.15) is 0 Å². The lowest BCUT2D eigenvalue weighted by Crippen LogP contribution is -2.42. The minimum absolute atomic E-state index is 0.0389. The molecule has 0 aliphatic heterocycles. The molecule has 0 radical (unpaired) electrons. The number of halogens is 3. The molecule has 2 aromatic rings. The summed E-state index contributed by atoms with van der Waals surface area (Å²) < 4.78 is 27.3. The number of carboxylic acids is 1. The fourth-order valence-electron chi connectivity index (χ4n) is 1.97. The van der Waals surface area contributed by atoms with Crippen LogP contribution < -0.4 is 5.32 Å². The van der Waals surface area contributed by atoms with Crippen LogP contribution in [-0.4, -0.2) is 23.0 Å². The van der Waals surface area contributed by atoms with Crippen molar-refractivity contribution in [2.24, 2.45) is 0 Å². The largest absolute Gasteiger partial charge is 0.480 e. The number of nitrogens with one attached hydrogen (secondary N) is 1. The third-order valence-electron chi connectivity index (χ3n) is 3.13. The maximum absolute atomic E-state index is 13.6. The lowest BCUT2D eigenvalue weighted by Gasteiger charge is -2.15. The maximum Gasteiger partial charge on any atom is 0.326 e. The quantitative estimate of drug-likeness (QED) is 0.833. The molecule has 4 nitrogen and oxygen atoms in total. The van der Waals surface area contributed by atoms with E-state index < -0.39 is 35.1 Å². The van der Waals surface area contributed by atoms with E-state index in [0.29, 0.717) is 11.6 Å². The first kappa shape index (κ1) is 17.1. The molecule has 1 atom stereocenters. The predicted octanol–water partition coefficient (Wildman–Crippen LogP) is 3.15. The second-order valence-corrected chi connectivity index (χ2v) is 5.73. The molecule has 7 heteroatoms. The summed E-state index contributed by atoms with van der Waals surface area (Å²) in [5, 5.41) is 11.5. The van der Waals surface area contributed by atoms with E-state index in [4.69, 9.17) is 0 Å². The number of hydrogen-bond donors (Lipinski definition) is 2. The normalized spacial score (nSPS) is 11.8. The lowest BCUT2D eigenvalue weighted by molar-refractivity contribution is -0.139. The molecule has 0 saturated carbocycles. The first-order valence-corrected chi connectivity index (χ1v) is 7.39. The molecule has 0 aliphatic carbocycles. The Bertz CT molecular complexity index is 735. The first-order chi connectivity index (χ1) is 10.9. The lowest BCUT2D eigenvalue weighted by atomic mass is 10.1. The van der Waals surface area contributed by atoms with Gasteiger partial charge in [-0.05, 0) is 29.8 Å². The third kappa shape index (κ3) is 4.59. The number of amides is 1. The average molecular weight is 384 g/mol. The summed E-state index contributed by atoms with van der Waals surface area (Å²) in [5.41, 5.74) is 0.286. The van der Waals surface area contributed by atoms with Gasteiger partial charge in [0.05, 0.1) is 5.56 Å². The van der Waals surface area contributed by atoms with Crippen molar-refractivity contribution in [1.29, 1.82) is 0 Å². The van der Waals surface area contributed by atoms with Crippen LogP contribution in [0.3, 0.4) is 0 Å². The van der Waals surface area contributed by atoms with E-state index in [1.807, 2.05) is 0 Å². The number of benzene rings is 2. The van der Waals surface area contributed by atoms with Gasteiger partial charge in [0.1, 0.15) is 17.7 Å². The molecule has 23 heavy (non-hydrogen) atoms. The predicted molar refractivity (Wildman–Crippen MR) is 83.1 cm³/mol. The smallest absolute Gasteiger partial charge is 0.326 e. The summed E-state index contributed by atoms with van der Waals surface area (Å²) >= 11 is 3.27. The highest BCUT2D eigenvalue weighted by molar-refractivity contribution is 9.10. The van der Waals surface area contributed by atoms with Crippen molar-refractivity contribution in [3.63, 3.8) is 0 Å². The molecule has 0 unspecified atom stereocenters. The molecule has 2 N–H and O–H groups in total. The molecule has 2 rings (SSSR count). The highest BCUT2D eigenvalue weighted by atomic mass is 79.9. The van der Waals surface area contributed by atoms with Gasteiger partial charge in [0.2, 0.25) is 0 Å². The van der Waals surface area contributed by atoms with Gasteiger partial charge >= 0.3 is 5.97 Å². The number of carbonyl (C=O) groups is 2. The maximum atomic E-state index is 13.6. The molecule has 0 heterocycles. The zero-order chi connectivity index (χ0) is 17.0. The Balaban J connectivity index is 2.14. The molecule has 2 aromatic carbocycles. The summed E-state index contributed by atoms with van der Waals surface area (Å²) in [6.07, 6.45) is 0.0389. The average Bonchev–Trinajstić information content (AvgIpc) is 2.48. The minimum atomic E-state index is -1.25. The van der Waals surface area contributed by atoms with Crippen LogP contribution in [0.25, 0.3) is 0 Å².